The number of hydrogen-bond donors (Lipinski definition) is 2. The summed E-state index contributed by atoms with van der Waals surface area (Å²) >= 11 is 0. The fourth-order valence-electron chi connectivity index (χ4n) is 1.84. The highest BCUT2D eigenvalue weighted by Crippen LogP contribution is 2.21. The topological polar surface area (TPSA) is 55.1 Å². The molecule has 3 heteroatoms. The van der Waals surface area contributed by atoms with Crippen molar-refractivity contribution in [2.24, 2.45) is 11.7 Å². The molecule has 0 aliphatic rings. The van der Waals surface area contributed by atoms with Crippen molar-refractivity contribution >= 4 is 5.91 Å². The normalized spacial score (nSPS) is 14.0. The Bertz CT molecular complexity index is 387. The van der Waals surface area contributed by atoms with Crippen molar-refractivity contribution in [1.82, 2.24) is 5.32 Å². The molecule has 2 unspecified atom stereocenters. The van der Waals surface area contributed by atoms with Crippen LogP contribution in [-0.2, 0) is 4.79 Å². The molecule has 0 aliphatic heterocycles. The Balaban J connectivity index is 2.76. The number of amides is 1. The van der Waals surface area contributed by atoms with E-state index in [1.165, 1.54) is 0 Å². The van der Waals surface area contributed by atoms with Crippen molar-refractivity contribution in [3.63, 3.8) is 0 Å². The van der Waals surface area contributed by atoms with Crippen molar-refractivity contribution in [3.8, 4) is 0 Å². The van der Waals surface area contributed by atoms with E-state index in [-0.39, 0.29) is 11.9 Å². The van der Waals surface area contributed by atoms with Gasteiger partial charge in [-0.1, -0.05) is 50.3 Å². The van der Waals surface area contributed by atoms with E-state index in [9.17, 15) is 4.79 Å². The number of carbonyl (C=O) groups is 1. The Morgan fingerprint density at radius 2 is 2.00 bits per heavy atom. The fourth-order valence-corrected chi connectivity index (χ4v) is 1.84. The fraction of sp³-hybridized carbons (Fsp3) is 0.400. The molecule has 1 aromatic carbocycles. The summed E-state index contributed by atoms with van der Waals surface area (Å²) in [4.78, 5) is 11.9. The highest BCUT2D eigenvalue weighted by atomic mass is 16.2. The minimum absolute atomic E-state index is 0.00503. The Morgan fingerprint density at radius 3 is 2.50 bits per heavy atom. The monoisotopic (exact) mass is 246 g/mol. The van der Waals surface area contributed by atoms with Gasteiger partial charge in [-0.05, 0) is 17.9 Å². The highest BCUT2D eigenvalue weighted by molar-refractivity contribution is 5.82. The summed E-state index contributed by atoms with van der Waals surface area (Å²) in [5.74, 6) is 0.185. The zero-order chi connectivity index (χ0) is 13.5. The van der Waals surface area contributed by atoms with E-state index >= 15 is 0 Å². The molecule has 2 atom stereocenters. The van der Waals surface area contributed by atoms with Crippen LogP contribution in [-0.4, -0.2) is 11.9 Å². The van der Waals surface area contributed by atoms with Gasteiger partial charge in [0.2, 0.25) is 5.91 Å². The number of nitrogens with two attached hydrogens (primary N) is 1. The lowest BCUT2D eigenvalue weighted by Gasteiger charge is -2.24. The van der Waals surface area contributed by atoms with E-state index < -0.39 is 6.04 Å². The average molecular weight is 246 g/mol. The molecular formula is C15H22N2O. The van der Waals surface area contributed by atoms with Crippen molar-refractivity contribution in [2.75, 3.05) is 0 Å². The molecule has 0 fully saturated rings. The van der Waals surface area contributed by atoms with Gasteiger partial charge in [0.15, 0.2) is 0 Å². The lowest BCUT2D eigenvalue weighted by atomic mass is 9.95. The van der Waals surface area contributed by atoms with Crippen LogP contribution < -0.4 is 11.1 Å². The first-order valence-electron chi connectivity index (χ1n) is 6.28. The van der Waals surface area contributed by atoms with Gasteiger partial charge < -0.3 is 11.1 Å². The van der Waals surface area contributed by atoms with E-state index in [2.05, 4.69) is 25.7 Å². The van der Waals surface area contributed by atoms with Crippen molar-refractivity contribution in [1.29, 1.82) is 0 Å². The predicted molar refractivity (Wildman–Crippen MR) is 75.0 cm³/mol. The maximum absolute atomic E-state index is 11.9. The Hall–Kier alpha value is -1.61. The molecule has 0 aromatic heterocycles. The number of rotatable bonds is 6. The van der Waals surface area contributed by atoms with E-state index in [0.717, 1.165) is 5.56 Å². The largest absolute Gasteiger partial charge is 0.348 e. The van der Waals surface area contributed by atoms with Crippen LogP contribution in [0.4, 0.5) is 0 Å². The lowest BCUT2D eigenvalue weighted by molar-refractivity contribution is -0.123. The number of hydrogen-bond acceptors (Lipinski definition) is 2. The van der Waals surface area contributed by atoms with Crippen LogP contribution in [0.1, 0.15) is 31.9 Å². The van der Waals surface area contributed by atoms with Gasteiger partial charge in [0.25, 0.3) is 0 Å². The molecule has 1 amide bonds. The van der Waals surface area contributed by atoms with Crippen molar-refractivity contribution in [3.05, 3.63) is 48.6 Å². The van der Waals surface area contributed by atoms with Gasteiger partial charge in [-0.3, -0.25) is 4.79 Å². The molecule has 98 valence electrons. The molecule has 1 rings (SSSR count). The molecule has 0 saturated heterocycles. The molecule has 18 heavy (non-hydrogen) atoms. The molecular weight excluding hydrogens is 224 g/mol. The van der Waals surface area contributed by atoms with E-state index in [1.807, 2.05) is 30.3 Å². The predicted octanol–water partition coefficient (Wildman–Crippen LogP) is 2.40. The minimum atomic E-state index is -0.521. The molecule has 0 saturated carbocycles. The van der Waals surface area contributed by atoms with Gasteiger partial charge in [0.1, 0.15) is 0 Å². The number of carbonyl (C=O) groups excluding carboxylic acids is 1. The summed E-state index contributed by atoms with van der Waals surface area (Å²) in [5, 5.41) is 3.01. The first-order chi connectivity index (χ1) is 8.56. The SMILES string of the molecule is C=CCC(N)C(=O)NC(c1ccccc1)C(C)C. The van der Waals surface area contributed by atoms with E-state index in [4.69, 9.17) is 5.73 Å². The third-order valence-electron chi connectivity index (χ3n) is 2.88. The summed E-state index contributed by atoms with van der Waals surface area (Å²) in [6.07, 6.45) is 2.16. The third-order valence-corrected chi connectivity index (χ3v) is 2.88. The molecule has 3 N–H and O–H groups in total. The van der Waals surface area contributed by atoms with Crippen LogP contribution in [0.25, 0.3) is 0 Å². The maximum atomic E-state index is 11.9. The van der Waals surface area contributed by atoms with Crippen LogP contribution in [0.15, 0.2) is 43.0 Å². The Labute approximate surface area is 109 Å². The van der Waals surface area contributed by atoms with Gasteiger partial charge in [-0.15, -0.1) is 6.58 Å². The van der Waals surface area contributed by atoms with E-state index in [0.29, 0.717) is 12.3 Å². The van der Waals surface area contributed by atoms with E-state index in [1.54, 1.807) is 6.08 Å². The van der Waals surface area contributed by atoms with Crippen molar-refractivity contribution < 1.29 is 4.79 Å². The first-order valence-corrected chi connectivity index (χ1v) is 6.28. The second-order valence-electron chi connectivity index (χ2n) is 4.77. The molecule has 0 heterocycles. The van der Waals surface area contributed by atoms with Crippen LogP contribution >= 0.6 is 0 Å². The summed E-state index contributed by atoms with van der Waals surface area (Å²) < 4.78 is 0. The molecule has 3 nitrogen and oxygen atoms in total. The Morgan fingerprint density at radius 1 is 1.39 bits per heavy atom. The van der Waals surface area contributed by atoms with Gasteiger partial charge in [-0.25, -0.2) is 0 Å². The molecule has 0 radical (unpaired) electrons. The summed E-state index contributed by atoms with van der Waals surface area (Å²) in [6, 6.07) is 9.42. The maximum Gasteiger partial charge on any atom is 0.237 e. The summed E-state index contributed by atoms with van der Waals surface area (Å²) in [6.45, 7) is 7.76. The lowest BCUT2D eigenvalue weighted by Crippen LogP contribution is -2.43. The van der Waals surface area contributed by atoms with Crippen LogP contribution in [0, 0.1) is 5.92 Å². The van der Waals surface area contributed by atoms with Crippen molar-refractivity contribution in [2.45, 2.75) is 32.4 Å². The van der Waals surface area contributed by atoms with Gasteiger partial charge in [-0.2, -0.15) is 0 Å². The summed E-state index contributed by atoms with van der Waals surface area (Å²) in [7, 11) is 0. The highest BCUT2D eigenvalue weighted by Gasteiger charge is 2.20. The molecule has 1 aromatic rings. The first kappa shape index (κ1) is 14.5. The third kappa shape index (κ3) is 4.00. The zero-order valence-electron chi connectivity index (χ0n) is 11.1. The second-order valence-corrected chi connectivity index (χ2v) is 4.77. The van der Waals surface area contributed by atoms with Crippen LogP contribution in [0.2, 0.25) is 0 Å². The second kappa shape index (κ2) is 6.97. The summed E-state index contributed by atoms with van der Waals surface area (Å²) in [5.41, 5.74) is 6.87. The Kier molecular flexibility index (Phi) is 5.59. The molecule has 0 aliphatic carbocycles. The molecule has 0 bridgehead atoms. The number of benzene rings is 1. The van der Waals surface area contributed by atoms with Gasteiger partial charge >= 0.3 is 0 Å². The smallest absolute Gasteiger partial charge is 0.237 e. The standard InChI is InChI=1S/C15H22N2O/c1-4-8-13(16)15(18)17-14(11(2)3)12-9-6-5-7-10-12/h4-7,9-11,13-14H,1,8,16H2,2-3H3,(H,17,18). The van der Waals surface area contributed by atoms with Gasteiger partial charge in [0, 0.05) is 0 Å². The van der Waals surface area contributed by atoms with Gasteiger partial charge in [0.05, 0.1) is 12.1 Å². The quantitative estimate of drug-likeness (QED) is 0.757. The minimum Gasteiger partial charge on any atom is -0.348 e. The molecule has 0 spiro atoms. The average Bonchev–Trinajstić information content (AvgIpc) is 2.36. The number of nitrogens with one attached hydrogen (secondary N) is 1. The van der Waals surface area contributed by atoms with Crippen LogP contribution in [0.5, 0.6) is 0 Å². The van der Waals surface area contributed by atoms with Crippen LogP contribution in [0.3, 0.4) is 0 Å². The zero-order valence-corrected chi connectivity index (χ0v) is 11.1.